The summed E-state index contributed by atoms with van der Waals surface area (Å²) in [4.78, 5) is 1.04. The Balaban J connectivity index is 2.47. The number of nitrogens with two attached hydrogens (primary N) is 1. The number of nitrogen functional groups attached to an aromatic ring is 1. The molecule has 0 saturated carbocycles. The number of hydrogen-bond donors (Lipinski definition) is 1. The highest BCUT2D eigenvalue weighted by atomic mass is 79.9. The van der Waals surface area contributed by atoms with Gasteiger partial charge < -0.3 is 5.73 Å². The van der Waals surface area contributed by atoms with E-state index < -0.39 is 11.7 Å². The van der Waals surface area contributed by atoms with Crippen molar-refractivity contribution < 1.29 is 13.2 Å². The van der Waals surface area contributed by atoms with Gasteiger partial charge >= 0.3 is 6.18 Å². The molecular formula is C9H6BrF3N4. The van der Waals surface area contributed by atoms with Crippen molar-refractivity contribution in [1.82, 2.24) is 15.0 Å². The molecule has 2 aromatic rings. The molecule has 1 heterocycles. The van der Waals surface area contributed by atoms with Gasteiger partial charge in [0, 0.05) is 0 Å². The van der Waals surface area contributed by atoms with E-state index >= 15 is 0 Å². The standard InChI is InChI=1S/C9H6BrF3N4/c10-7-8(14)16-17(15-7)6-3-1-2-5(4-6)9(11,12)13/h1-4H,(H2,14,16). The quantitative estimate of drug-likeness (QED) is 0.881. The van der Waals surface area contributed by atoms with Crippen LogP contribution >= 0.6 is 15.9 Å². The molecule has 8 heteroatoms. The van der Waals surface area contributed by atoms with Crippen LogP contribution < -0.4 is 5.73 Å². The van der Waals surface area contributed by atoms with E-state index in [1.165, 1.54) is 12.1 Å². The van der Waals surface area contributed by atoms with Crippen LogP contribution in [0, 0.1) is 0 Å². The van der Waals surface area contributed by atoms with Gasteiger partial charge in [0.15, 0.2) is 10.4 Å². The summed E-state index contributed by atoms with van der Waals surface area (Å²) in [6, 6.07) is 4.67. The first-order valence-corrected chi connectivity index (χ1v) is 5.23. The first kappa shape index (κ1) is 11.9. The zero-order valence-corrected chi connectivity index (χ0v) is 9.83. The number of aromatic nitrogens is 3. The summed E-state index contributed by atoms with van der Waals surface area (Å²) in [6.07, 6.45) is -4.40. The summed E-state index contributed by atoms with van der Waals surface area (Å²) in [5, 5.41) is 7.61. The maximum atomic E-state index is 12.5. The summed E-state index contributed by atoms with van der Waals surface area (Å²) in [7, 11) is 0. The average Bonchev–Trinajstić information content (AvgIpc) is 2.58. The highest BCUT2D eigenvalue weighted by Gasteiger charge is 2.30. The van der Waals surface area contributed by atoms with Crippen LogP contribution in [0.4, 0.5) is 19.0 Å². The third-order valence-electron chi connectivity index (χ3n) is 2.00. The third-order valence-corrected chi connectivity index (χ3v) is 2.57. The summed E-state index contributed by atoms with van der Waals surface area (Å²) in [5.41, 5.74) is 4.87. The first-order valence-electron chi connectivity index (χ1n) is 4.44. The normalized spacial score (nSPS) is 11.8. The van der Waals surface area contributed by atoms with E-state index in [1.807, 2.05) is 0 Å². The zero-order valence-electron chi connectivity index (χ0n) is 8.24. The minimum atomic E-state index is -4.40. The predicted octanol–water partition coefficient (Wildman–Crippen LogP) is 2.63. The monoisotopic (exact) mass is 306 g/mol. The molecule has 0 bridgehead atoms. The molecule has 4 nitrogen and oxygen atoms in total. The summed E-state index contributed by atoms with van der Waals surface area (Å²) >= 11 is 3.03. The lowest BCUT2D eigenvalue weighted by Gasteiger charge is -2.07. The molecule has 0 aliphatic carbocycles. The van der Waals surface area contributed by atoms with E-state index in [9.17, 15) is 13.2 Å². The molecule has 17 heavy (non-hydrogen) atoms. The molecule has 0 spiro atoms. The molecular weight excluding hydrogens is 301 g/mol. The van der Waals surface area contributed by atoms with Gasteiger partial charge in [0.05, 0.1) is 11.3 Å². The van der Waals surface area contributed by atoms with E-state index in [1.54, 1.807) is 0 Å². The minimum absolute atomic E-state index is 0.113. The second kappa shape index (κ2) is 4.02. The molecule has 0 aliphatic rings. The van der Waals surface area contributed by atoms with Gasteiger partial charge in [-0.1, -0.05) is 6.07 Å². The molecule has 2 rings (SSSR count). The number of nitrogens with zero attached hydrogens (tertiary/aromatic N) is 3. The highest BCUT2D eigenvalue weighted by Crippen LogP contribution is 2.30. The molecule has 0 atom stereocenters. The van der Waals surface area contributed by atoms with Gasteiger partial charge in [0.25, 0.3) is 0 Å². The van der Waals surface area contributed by atoms with Gasteiger partial charge in [0.1, 0.15) is 0 Å². The lowest BCUT2D eigenvalue weighted by molar-refractivity contribution is -0.137. The van der Waals surface area contributed by atoms with Gasteiger partial charge in [-0.25, -0.2) is 0 Å². The maximum Gasteiger partial charge on any atom is 0.416 e. The van der Waals surface area contributed by atoms with Crippen molar-refractivity contribution in [2.45, 2.75) is 6.18 Å². The summed E-state index contributed by atoms with van der Waals surface area (Å²) in [6.45, 7) is 0. The Kier molecular flexibility index (Phi) is 2.82. The van der Waals surface area contributed by atoms with Gasteiger partial charge in [-0.15, -0.1) is 15.0 Å². The van der Waals surface area contributed by atoms with E-state index in [4.69, 9.17) is 5.73 Å². The zero-order chi connectivity index (χ0) is 12.6. The molecule has 90 valence electrons. The van der Waals surface area contributed by atoms with Gasteiger partial charge in [-0.3, -0.25) is 0 Å². The minimum Gasteiger partial charge on any atom is -0.380 e. The van der Waals surface area contributed by atoms with Crippen LogP contribution in [0.15, 0.2) is 28.9 Å². The van der Waals surface area contributed by atoms with E-state index in [-0.39, 0.29) is 16.1 Å². The van der Waals surface area contributed by atoms with Crippen LogP contribution in [-0.2, 0) is 6.18 Å². The Morgan fingerprint density at radius 3 is 2.47 bits per heavy atom. The first-order chi connectivity index (χ1) is 7.88. The van der Waals surface area contributed by atoms with E-state index in [2.05, 4.69) is 26.1 Å². The third kappa shape index (κ3) is 2.41. The lowest BCUT2D eigenvalue weighted by Crippen LogP contribution is -2.07. The average molecular weight is 307 g/mol. The number of halogens is 4. The van der Waals surface area contributed by atoms with Gasteiger partial charge in [-0.2, -0.15) is 13.2 Å². The molecule has 0 amide bonds. The van der Waals surface area contributed by atoms with Crippen molar-refractivity contribution in [2.75, 3.05) is 5.73 Å². The fourth-order valence-corrected chi connectivity index (χ4v) is 1.45. The number of hydrogen-bond acceptors (Lipinski definition) is 3. The van der Waals surface area contributed by atoms with Crippen LogP contribution in [0.25, 0.3) is 5.69 Å². The predicted molar refractivity (Wildman–Crippen MR) is 58.5 cm³/mol. The highest BCUT2D eigenvalue weighted by molar-refractivity contribution is 9.10. The molecule has 2 N–H and O–H groups in total. The molecule has 0 aliphatic heterocycles. The van der Waals surface area contributed by atoms with Gasteiger partial charge in [-0.05, 0) is 34.1 Å². The Morgan fingerprint density at radius 2 is 1.94 bits per heavy atom. The van der Waals surface area contributed by atoms with Crippen molar-refractivity contribution in [3.63, 3.8) is 0 Å². The molecule has 1 aromatic carbocycles. The van der Waals surface area contributed by atoms with E-state index in [0.717, 1.165) is 16.9 Å². The van der Waals surface area contributed by atoms with Crippen molar-refractivity contribution in [1.29, 1.82) is 0 Å². The fraction of sp³-hybridized carbons (Fsp3) is 0.111. The van der Waals surface area contributed by atoms with Crippen molar-refractivity contribution in [2.24, 2.45) is 0 Å². The Morgan fingerprint density at radius 1 is 1.24 bits per heavy atom. The smallest absolute Gasteiger partial charge is 0.380 e. The second-order valence-electron chi connectivity index (χ2n) is 3.21. The summed E-state index contributed by atoms with van der Waals surface area (Å²) in [5.74, 6) is 0.113. The fourth-order valence-electron chi connectivity index (χ4n) is 1.22. The number of anilines is 1. The molecule has 1 aromatic heterocycles. The van der Waals surface area contributed by atoms with Gasteiger partial charge in [0.2, 0.25) is 0 Å². The largest absolute Gasteiger partial charge is 0.416 e. The van der Waals surface area contributed by atoms with Crippen molar-refractivity contribution in [3.05, 3.63) is 34.4 Å². The van der Waals surface area contributed by atoms with Crippen LogP contribution in [0.1, 0.15) is 5.56 Å². The Bertz CT molecular complexity index is 530. The van der Waals surface area contributed by atoms with Crippen molar-refractivity contribution >= 4 is 21.7 Å². The van der Waals surface area contributed by atoms with Crippen molar-refractivity contribution in [3.8, 4) is 5.69 Å². The van der Waals surface area contributed by atoms with Crippen LogP contribution in [-0.4, -0.2) is 15.0 Å². The van der Waals surface area contributed by atoms with Crippen LogP contribution in [0.2, 0.25) is 0 Å². The lowest BCUT2D eigenvalue weighted by atomic mass is 10.2. The SMILES string of the molecule is Nc1nn(-c2cccc(C(F)(F)F)c2)nc1Br. The molecule has 0 radical (unpaired) electrons. The number of benzene rings is 1. The number of alkyl halides is 3. The molecule has 0 unspecified atom stereocenters. The van der Waals surface area contributed by atoms with E-state index in [0.29, 0.717) is 0 Å². The van der Waals surface area contributed by atoms with Crippen LogP contribution in [0.5, 0.6) is 0 Å². The van der Waals surface area contributed by atoms with Crippen LogP contribution in [0.3, 0.4) is 0 Å². The molecule has 0 fully saturated rings. The topological polar surface area (TPSA) is 56.7 Å². The second-order valence-corrected chi connectivity index (χ2v) is 3.96. The maximum absolute atomic E-state index is 12.5. The Labute approximate surface area is 102 Å². The summed E-state index contributed by atoms with van der Waals surface area (Å²) < 4.78 is 37.7. The number of rotatable bonds is 1. The Hall–Kier alpha value is -1.57. The molecule has 0 saturated heterocycles.